The van der Waals surface area contributed by atoms with E-state index in [1.54, 1.807) is 35.1 Å². The molecule has 1 aliphatic heterocycles. The van der Waals surface area contributed by atoms with Crippen LogP contribution in [0.25, 0.3) is 17.2 Å². The summed E-state index contributed by atoms with van der Waals surface area (Å²) >= 11 is 0. The van der Waals surface area contributed by atoms with Gasteiger partial charge in [-0.05, 0) is 72.9 Å². The van der Waals surface area contributed by atoms with Crippen molar-refractivity contribution in [3.8, 4) is 17.2 Å². The minimum absolute atomic E-state index is 0.169. The van der Waals surface area contributed by atoms with Gasteiger partial charge in [0.2, 0.25) is 0 Å². The Morgan fingerprint density at radius 2 is 1.62 bits per heavy atom. The number of aryl methyl sites for hydroxylation is 2. The van der Waals surface area contributed by atoms with Gasteiger partial charge in [0, 0.05) is 50.2 Å². The number of anilines is 1. The van der Waals surface area contributed by atoms with E-state index in [0.29, 0.717) is 34.8 Å². The molecule has 0 unspecified atom stereocenters. The lowest BCUT2D eigenvalue weighted by Gasteiger charge is -2.28. The zero-order chi connectivity index (χ0) is 28.9. The van der Waals surface area contributed by atoms with E-state index in [2.05, 4.69) is 63.2 Å². The summed E-state index contributed by atoms with van der Waals surface area (Å²) in [5, 5.41) is 9.66. The molecule has 1 N–H and O–H groups in total. The van der Waals surface area contributed by atoms with Gasteiger partial charge in [0.1, 0.15) is 11.6 Å². The molecule has 5 rings (SSSR count). The Labute approximate surface area is 237 Å². The fraction of sp³-hybridized carbons (Fsp3) is 0.419. The molecule has 1 aliphatic rings. The minimum Gasteiger partial charge on any atom is -0.388 e. The maximum Gasteiger partial charge on any atom is 0.338 e. The molecule has 0 saturated carbocycles. The molecule has 212 valence electrons. The molecule has 0 spiro atoms. The van der Waals surface area contributed by atoms with Crippen molar-refractivity contribution in [3.05, 3.63) is 81.4 Å². The zero-order valence-electron chi connectivity index (χ0n) is 24.8. The van der Waals surface area contributed by atoms with Gasteiger partial charge in [0.25, 0.3) is 0 Å². The number of fused-ring (bicyclic) bond motifs is 1. The van der Waals surface area contributed by atoms with E-state index in [4.69, 9.17) is 5.10 Å². The summed E-state index contributed by atoms with van der Waals surface area (Å²) in [6.07, 6.45) is 4.43. The van der Waals surface area contributed by atoms with Crippen molar-refractivity contribution in [1.82, 2.24) is 23.8 Å². The highest BCUT2D eigenvalue weighted by molar-refractivity contribution is 7.67. The van der Waals surface area contributed by atoms with E-state index < -0.39 is 0 Å². The Morgan fingerprint density at radius 1 is 0.975 bits per heavy atom. The lowest BCUT2D eigenvalue weighted by Crippen LogP contribution is -2.29. The summed E-state index contributed by atoms with van der Waals surface area (Å²) in [4.78, 5) is 16.3. The van der Waals surface area contributed by atoms with Gasteiger partial charge in [0.15, 0.2) is 0 Å². The molecule has 0 atom stereocenters. The number of halogens is 1. The van der Waals surface area contributed by atoms with Crippen molar-refractivity contribution in [2.75, 3.05) is 26.0 Å². The SMILES string of the molecule is CNc1cc(-n2ccn(-c3c4c(nn3-c3cc(C)c(F)c(C)c3)CCN(C)C4)c2=O)ccc1P(C(C)C)C(C)C. The van der Waals surface area contributed by atoms with Crippen molar-refractivity contribution < 1.29 is 4.39 Å². The van der Waals surface area contributed by atoms with E-state index >= 15 is 0 Å². The molecule has 2 aromatic heterocycles. The summed E-state index contributed by atoms with van der Waals surface area (Å²) in [7, 11) is 3.66. The van der Waals surface area contributed by atoms with E-state index in [9.17, 15) is 9.18 Å². The fourth-order valence-electron chi connectivity index (χ4n) is 5.95. The number of hydrogen-bond acceptors (Lipinski definition) is 4. The summed E-state index contributed by atoms with van der Waals surface area (Å²) in [6.45, 7) is 14.3. The van der Waals surface area contributed by atoms with Gasteiger partial charge in [-0.3, -0.25) is 9.13 Å². The fourth-order valence-corrected chi connectivity index (χ4v) is 8.96. The second-order valence-electron chi connectivity index (χ2n) is 11.4. The summed E-state index contributed by atoms with van der Waals surface area (Å²) in [5.41, 5.74) is 6.68. The number of nitrogens with one attached hydrogen (secondary N) is 1. The average Bonchev–Trinajstić information content (AvgIpc) is 3.46. The van der Waals surface area contributed by atoms with Crippen molar-refractivity contribution >= 4 is 18.9 Å². The third-order valence-electron chi connectivity index (χ3n) is 7.79. The summed E-state index contributed by atoms with van der Waals surface area (Å²) in [5.74, 6) is 0.497. The highest BCUT2D eigenvalue weighted by Crippen LogP contribution is 2.46. The number of nitrogens with zero attached hydrogens (tertiary/aromatic N) is 5. The minimum atomic E-state index is -0.360. The molecular weight excluding hydrogens is 522 g/mol. The van der Waals surface area contributed by atoms with Crippen LogP contribution < -0.4 is 16.3 Å². The van der Waals surface area contributed by atoms with Gasteiger partial charge in [-0.2, -0.15) is 5.10 Å². The third kappa shape index (κ3) is 4.92. The largest absolute Gasteiger partial charge is 0.388 e. The number of aromatic nitrogens is 4. The number of likely N-dealkylation sites (N-methyl/N-ethyl adjacent to an activating group) is 1. The first-order valence-electron chi connectivity index (χ1n) is 14.0. The first-order chi connectivity index (χ1) is 19.0. The van der Waals surface area contributed by atoms with Crippen molar-refractivity contribution in [2.45, 2.75) is 65.8 Å². The van der Waals surface area contributed by atoms with Crippen molar-refractivity contribution in [1.29, 1.82) is 0 Å². The third-order valence-corrected chi connectivity index (χ3v) is 11.0. The lowest BCUT2D eigenvalue weighted by molar-refractivity contribution is 0.311. The van der Waals surface area contributed by atoms with Crippen LogP contribution >= 0.6 is 7.92 Å². The quantitative estimate of drug-likeness (QED) is 0.301. The Kier molecular flexibility index (Phi) is 7.77. The van der Waals surface area contributed by atoms with E-state index in [1.165, 1.54) is 5.30 Å². The van der Waals surface area contributed by atoms with Crippen molar-refractivity contribution in [2.24, 2.45) is 0 Å². The standard InChI is InChI=1S/C31H40FN6OP/c1-19(2)40(20(3)4)28-10-9-23(17-27(28)33-7)36-13-14-37(31(36)39)30-25-18-35(8)12-11-26(25)34-38(30)24-15-21(5)29(32)22(6)16-24/h9-10,13-17,19-20,33H,11-12,18H2,1-8H3. The van der Waals surface area contributed by atoms with Crippen LogP contribution in [0.5, 0.6) is 0 Å². The van der Waals surface area contributed by atoms with Crippen LogP contribution in [-0.2, 0) is 13.0 Å². The van der Waals surface area contributed by atoms with Crippen LogP contribution in [0.3, 0.4) is 0 Å². The normalized spacial score (nSPS) is 14.0. The molecule has 0 radical (unpaired) electrons. The topological polar surface area (TPSA) is 60.0 Å². The molecular formula is C31H40FN6OP. The van der Waals surface area contributed by atoms with Crippen LogP contribution in [-0.4, -0.2) is 55.8 Å². The maximum absolute atomic E-state index is 14.5. The van der Waals surface area contributed by atoms with Crippen LogP contribution in [0.1, 0.15) is 50.1 Å². The Morgan fingerprint density at radius 3 is 2.25 bits per heavy atom. The Hall–Kier alpha value is -3.22. The second-order valence-corrected chi connectivity index (χ2v) is 14.8. The molecule has 4 aromatic rings. The molecule has 40 heavy (non-hydrogen) atoms. The molecule has 2 aromatic carbocycles. The maximum atomic E-state index is 14.5. The Balaban J connectivity index is 1.66. The average molecular weight is 563 g/mol. The number of imidazole rings is 1. The molecule has 9 heteroatoms. The van der Waals surface area contributed by atoms with Gasteiger partial charge in [-0.25, -0.2) is 13.9 Å². The number of benzene rings is 2. The second kappa shape index (κ2) is 11.0. The van der Waals surface area contributed by atoms with E-state index in [-0.39, 0.29) is 19.4 Å². The van der Waals surface area contributed by atoms with E-state index in [1.807, 2.05) is 24.1 Å². The number of hydrogen-bond donors (Lipinski definition) is 1. The first kappa shape index (κ1) is 28.3. The van der Waals surface area contributed by atoms with Gasteiger partial charge in [-0.15, -0.1) is 0 Å². The summed E-state index contributed by atoms with van der Waals surface area (Å²) < 4.78 is 19.7. The number of rotatable bonds is 7. The molecule has 0 amide bonds. The molecule has 0 saturated heterocycles. The van der Waals surface area contributed by atoms with Gasteiger partial charge in [0.05, 0.1) is 17.1 Å². The van der Waals surface area contributed by atoms with Crippen LogP contribution in [0.2, 0.25) is 0 Å². The van der Waals surface area contributed by atoms with Crippen molar-refractivity contribution in [3.63, 3.8) is 0 Å². The molecule has 7 nitrogen and oxygen atoms in total. The van der Waals surface area contributed by atoms with Crippen LogP contribution in [0.4, 0.5) is 10.1 Å². The highest BCUT2D eigenvalue weighted by Gasteiger charge is 2.27. The predicted molar refractivity (Wildman–Crippen MR) is 164 cm³/mol. The van der Waals surface area contributed by atoms with Gasteiger partial charge in [-0.1, -0.05) is 41.7 Å². The van der Waals surface area contributed by atoms with Crippen LogP contribution in [0.15, 0.2) is 47.5 Å². The van der Waals surface area contributed by atoms with Gasteiger partial charge >= 0.3 is 5.69 Å². The first-order valence-corrected chi connectivity index (χ1v) is 15.5. The molecule has 0 bridgehead atoms. The lowest BCUT2D eigenvalue weighted by atomic mass is 10.1. The molecule has 0 aliphatic carbocycles. The zero-order valence-corrected chi connectivity index (χ0v) is 25.7. The smallest absolute Gasteiger partial charge is 0.338 e. The predicted octanol–water partition coefficient (Wildman–Crippen LogP) is 5.52. The molecule has 3 heterocycles. The van der Waals surface area contributed by atoms with E-state index in [0.717, 1.165) is 41.3 Å². The highest BCUT2D eigenvalue weighted by atomic mass is 31.1. The Bertz CT molecular complexity index is 1580. The van der Waals surface area contributed by atoms with Crippen LogP contribution in [0, 0.1) is 19.7 Å². The molecule has 0 fully saturated rings. The van der Waals surface area contributed by atoms with Gasteiger partial charge < -0.3 is 10.2 Å². The summed E-state index contributed by atoms with van der Waals surface area (Å²) in [6, 6.07) is 9.91. The monoisotopic (exact) mass is 562 g/mol.